The summed E-state index contributed by atoms with van der Waals surface area (Å²) in [5.41, 5.74) is 2.96. The van der Waals surface area contributed by atoms with Crippen molar-refractivity contribution in [3.63, 3.8) is 0 Å². The van der Waals surface area contributed by atoms with E-state index in [1.165, 1.54) is 25.5 Å². The third-order valence-corrected chi connectivity index (χ3v) is 3.74. The van der Waals surface area contributed by atoms with Crippen LogP contribution in [0.15, 0.2) is 35.4 Å². The Bertz CT molecular complexity index is 922. The fraction of sp³-hybridized carbons (Fsp3) is 0.200. The molecule has 0 aliphatic carbocycles. The number of hydrogen-bond acceptors (Lipinski definition) is 6. The summed E-state index contributed by atoms with van der Waals surface area (Å²) in [5, 5.41) is 14.1. The molecule has 28 heavy (non-hydrogen) atoms. The van der Waals surface area contributed by atoms with Gasteiger partial charge in [-0.3, -0.25) is 4.79 Å². The van der Waals surface area contributed by atoms with E-state index in [0.717, 1.165) is 0 Å². The lowest BCUT2D eigenvalue weighted by Gasteiger charge is -2.12. The second kappa shape index (κ2) is 10.1. The third kappa shape index (κ3) is 5.32. The number of ether oxygens (including phenoxy) is 3. The molecule has 0 aromatic heterocycles. The highest BCUT2D eigenvalue weighted by molar-refractivity contribution is 6.32. The molecule has 0 saturated carbocycles. The van der Waals surface area contributed by atoms with E-state index in [1.54, 1.807) is 18.2 Å². The number of hydrogen-bond donors (Lipinski definition) is 2. The topological polar surface area (TPSA) is 89.4 Å². The predicted molar refractivity (Wildman–Crippen MR) is 107 cm³/mol. The van der Waals surface area contributed by atoms with Gasteiger partial charge in [0.05, 0.1) is 30.5 Å². The van der Waals surface area contributed by atoms with Crippen molar-refractivity contribution in [1.82, 2.24) is 5.43 Å². The van der Waals surface area contributed by atoms with Gasteiger partial charge in [0.25, 0.3) is 5.91 Å². The number of methoxy groups -OCH3 is 1. The number of rotatable bonds is 8. The number of nitrogens with zero attached hydrogens (tertiary/aromatic N) is 1. The van der Waals surface area contributed by atoms with Crippen LogP contribution in [0.4, 0.5) is 0 Å². The number of terminal acetylenes is 1. The van der Waals surface area contributed by atoms with Gasteiger partial charge in [0, 0.05) is 6.07 Å². The van der Waals surface area contributed by atoms with Crippen molar-refractivity contribution in [2.75, 3.05) is 20.3 Å². The molecule has 2 rings (SSSR count). The zero-order valence-corrected chi connectivity index (χ0v) is 16.1. The van der Waals surface area contributed by atoms with E-state index in [-0.39, 0.29) is 17.9 Å². The molecule has 2 aromatic carbocycles. The molecule has 7 nitrogen and oxygen atoms in total. The molecule has 2 aromatic rings. The van der Waals surface area contributed by atoms with Crippen LogP contribution in [0.3, 0.4) is 0 Å². The molecule has 0 saturated heterocycles. The molecule has 0 spiro atoms. The number of amides is 1. The first-order chi connectivity index (χ1) is 13.5. The van der Waals surface area contributed by atoms with Crippen LogP contribution in [-0.4, -0.2) is 37.6 Å². The maximum atomic E-state index is 12.1. The number of phenols is 1. The van der Waals surface area contributed by atoms with E-state index >= 15 is 0 Å². The summed E-state index contributed by atoms with van der Waals surface area (Å²) >= 11 is 6.23. The number of carbonyl (C=O) groups is 1. The van der Waals surface area contributed by atoms with Crippen LogP contribution in [-0.2, 0) is 0 Å². The van der Waals surface area contributed by atoms with Crippen molar-refractivity contribution in [2.24, 2.45) is 5.10 Å². The van der Waals surface area contributed by atoms with Crippen LogP contribution in [0.1, 0.15) is 22.8 Å². The first-order valence-corrected chi connectivity index (χ1v) is 8.61. The Balaban J connectivity index is 2.15. The van der Waals surface area contributed by atoms with E-state index in [2.05, 4.69) is 16.4 Å². The smallest absolute Gasteiger partial charge is 0.275 e. The van der Waals surface area contributed by atoms with Gasteiger partial charge in [-0.05, 0) is 36.8 Å². The third-order valence-electron chi connectivity index (χ3n) is 3.46. The minimum absolute atomic E-state index is 0.0502. The zero-order valence-electron chi connectivity index (χ0n) is 15.4. The maximum absolute atomic E-state index is 12.1. The highest BCUT2D eigenvalue weighted by atomic mass is 35.5. The summed E-state index contributed by atoms with van der Waals surface area (Å²) in [6, 6.07) is 7.57. The first-order valence-electron chi connectivity index (χ1n) is 8.23. The molecule has 0 atom stereocenters. The maximum Gasteiger partial charge on any atom is 0.275 e. The molecule has 0 aliphatic rings. The number of hydrazone groups is 1. The Kier molecular flexibility index (Phi) is 7.55. The van der Waals surface area contributed by atoms with Gasteiger partial charge in [-0.2, -0.15) is 5.10 Å². The van der Waals surface area contributed by atoms with Crippen molar-refractivity contribution < 1.29 is 24.1 Å². The molecule has 0 fully saturated rings. The number of phenolic OH excluding ortho intramolecular Hbond substituents is 1. The molecule has 0 aliphatic heterocycles. The quantitative estimate of drug-likeness (QED) is 0.402. The molecular weight excluding hydrogens is 384 g/mol. The number of benzene rings is 2. The molecule has 8 heteroatoms. The Labute approximate surface area is 167 Å². The largest absolute Gasteiger partial charge is 0.507 e. The van der Waals surface area contributed by atoms with Gasteiger partial charge in [-0.1, -0.05) is 17.5 Å². The summed E-state index contributed by atoms with van der Waals surface area (Å²) in [5.74, 6) is 2.74. The van der Waals surface area contributed by atoms with Gasteiger partial charge in [0.1, 0.15) is 18.1 Å². The lowest BCUT2D eigenvalue weighted by atomic mass is 10.2. The lowest BCUT2D eigenvalue weighted by Crippen LogP contribution is -2.17. The van der Waals surface area contributed by atoms with Crippen molar-refractivity contribution in [3.05, 3.63) is 46.5 Å². The number of carbonyl (C=O) groups excluding carboxylic acids is 1. The zero-order chi connectivity index (χ0) is 20.5. The van der Waals surface area contributed by atoms with E-state index in [1.807, 2.05) is 6.92 Å². The first kappa shape index (κ1) is 20.9. The average molecular weight is 403 g/mol. The van der Waals surface area contributed by atoms with Crippen molar-refractivity contribution in [2.45, 2.75) is 6.92 Å². The van der Waals surface area contributed by atoms with Gasteiger partial charge in [-0.25, -0.2) is 5.43 Å². The van der Waals surface area contributed by atoms with Crippen LogP contribution in [0.25, 0.3) is 0 Å². The number of aromatic hydroxyl groups is 1. The monoisotopic (exact) mass is 402 g/mol. The average Bonchev–Trinajstić information content (AvgIpc) is 2.67. The van der Waals surface area contributed by atoms with Crippen LogP contribution in [0.2, 0.25) is 5.02 Å². The minimum atomic E-state index is -0.582. The molecule has 0 unspecified atom stereocenters. The Morgan fingerprint density at radius 2 is 2.14 bits per heavy atom. The Morgan fingerprint density at radius 1 is 1.36 bits per heavy atom. The van der Waals surface area contributed by atoms with Gasteiger partial charge in [0.15, 0.2) is 11.5 Å². The summed E-state index contributed by atoms with van der Waals surface area (Å²) in [7, 11) is 1.46. The summed E-state index contributed by atoms with van der Waals surface area (Å²) in [6.45, 7) is 2.27. The lowest BCUT2D eigenvalue weighted by molar-refractivity contribution is 0.0952. The van der Waals surface area contributed by atoms with Crippen LogP contribution in [0.5, 0.6) is 23.0 Å². The SMILES string of the molecule is C#CCOc1c(Cl)cc(/C=N\NC(=O)c2ccc(OC)cc2O)cc1OCC. The van der Waals surface area contributed by atoms with Crippen molar-refractivity contribution in [3.8, 4) is 35.3 Å². The van der Waals surface area contributed by atoms with E-state index in [9.17, 15) is 9.90 Å². The normalized spacial score (nSPS) is 10.4. The number of halogens is 1. The van der Waals surface area contributed by atoms with E-state index < -0.39 is 5.91 Å². The standard InChI is InChI=1S/C20H19ClN2O5/c1-4-8-28-19-16(21)9-13(10-18(19)27-5-2)12-22-23-20(25)15-7-6-14(26-3)11-17(15)24/h1,6-7,9-12,24H,5,8H2,2-3H3,(H,23,25)/b22-12-. The number of nitrogens with one attached hydrogen (secondary N) is 1. The van der Waals surface area contributed by atoms with Crippen molar-refractivity contribution in [1.29, 1.82) is 0 Å². The predicted octanol–water partition coefficient (Wildman–Crippen LogP) is 3.23. The molecule has 146 valence electrons. The second-order valence-electron chi connectivity index (χ2n) is 5.34. The Hall–Kier alpha value is -3.37. The molecular formula is C20H19ClN2O5. The highest BCUT2D eigenvalue weighted by Crippen LogP contribution is 2.36. The summed E-state index contributed by atoms with van der Waals surface area (Å²) in [6.07, 6.45) is 6.59. The summed E-state index contributed by atoms with van der Waals surface area (Å²) in [4.78, 5) is 12.1. The fourth-order valence-corrected chi connectivity index (χ4v) is 2.51. The Morgan fingerprint density at radius 3 is 2.79 bits per heavy atom. The van der Waals surface area contributed by atoms with Gasteiger partial charge in [-0.15, -0.1) is 6.42 Å². The van der Waals surface area contributed by atoms with E-state index in [0.29, 0.717) is 34.4 Å². The van der Waals surface area contributed by atoms with Gasteiger partial charge >= 0.3 is 0 Å². The van der Waals surface area contributed by atoms with Crippen LogP contribution >= 0.6 is 11.6 Å². The van der Waals surface area contributed by atoms with Gasteiger partial charge < -0.3 is 19.3 Å². The highest BCUT2D eigenvalue weighted by Gasteiger charge is 2.13. The fourth-order valence-electron chi connectivity index (χ4n) is 2.24. The molecule has 1 amide bonds. The van der Waals surface area contributed by atoms with E-state index in [4.69, 9.17) is 32.2 Å². The van der Waals surface area contributed by atoms with Gasteiger partial charge in [0.2, 0.25) is 0 Å². The molecule has 0 bridgehead atoms. The minimum Gasteiger partial charge on any atom is -0.507 e. The van der Waals surface area contributed by atoms with Crippen molar-refractivity contribution >= 4 is 23.7 Å². The molecule has 0 heterocycles. The van der Waals surface area contributed by atoms with Crippen LogP contribution in [0, 0.1) is 12.3 Å². The molecule has 0 radical (unpaired) electrons. The molecule has 2 N–H and O–H groups in total. The van der Waals surface area contributed by atoms with Crippen LogP contribution < -0.4 is 19.6 Å². The summed E-state index contributed by atoms with van der Waals surface area (Å²) < 4.78 is 15.9. The second-order valence-corrected chi connectivity index (χ2v) is 5.75.